The van der Waals surface area contributed by atoms with E-state index in [-0.39, 0.29) is 5.91 Å². The number of halogens is 1. The Morgan fingerprint density at radius 1 is 1.36 bits per heavy atom. The van der Waals surface area contributed by atoms with E-state index in [1.807, 2.05) is 6.07 Å². The lowest BCUT2D eigenvalue weighted by atomic mass is 10.2. The summed E-state index contributed by atoms with van der Waals surface area (Å²) in [6.45, 7) is 2.17. The number of amides is 1. The van der Waals surface area contributed by atoms with Crippen LogP contribution in [-0.4, -0.2) is 36.3 Å². The Morgan fingerprint density at radius 2 is 2.23 bits per heavy atom. The van der Waals surface area contributed by atoms with Gasteiger partial charge in [0.05, 0.1) is 12.7 Å². The van der Waals surface area contributed by atoms with Crippen LogP contribution in [0, 0.1) is 0 Å². The van der Waals surface area contributed by atoms with Gasteiger partial charge in [-0.1, -0.05) is 0 Å². The summed E-state index contributed by atoms with van der Waals surface area (Å²) in [5.41, 5.74) is 1.62. The molecule has 7 heteroatoms. The molecule has 0 aliphatic heterocycles. The maximum atomic E-state index is 12.1. The number of aromatic amines is 1. The molecule has 0 aliphatic carbocycles. The molecule has 22 heavy (non-hydrogen) atoms. The molecule has 0 radical (unpaired) electrons. The van der Waals surface area contributed by atoms with E-state index < -0.39 is 0 Å². The second-order valence-electron chi connectivity index (χ2n) is 4.71. The third-order valence-corrected chi connectivity index (χ3v) is 3.80. The smallest absolute Gasteiger partial charge is 0.252 e. The number of benzene rings is 1. The van der Waals surface area contributed by atoms with Gasteiger partial charge in [-0.05, 0) is 53.2 Å². The average molecular weight is 367 g/mol. The first-order chi connectivity index (χ1) is 10.7. The molecule has 0 unspecified atom stereocenters. The molecule has 0 fully saturated rings. The van der Waals surface area contributed by atoms with Crippen LogP contribution in [0.15, 0.2) is 34.9 Å². The number of carbonyl (C=O) groups excluding carboxylic acids is 1. The fourth-order valence-corrected chi connectivity index (χ4v) is 2.35. The van der Waals surface area contributed by atoms with Gasteiger partial charge in [0.1, 0.15) is 5.75 Å². The Kier molecular flexibility index (Phi) is 6.42. The van der Waals surface area contributed by atoms with Gasteiger partial charge in [0.25, 0.3) is 5.91 Å². The predicted octanol–water partition coefficient (Wildman–Crippen LogP) is 2.09. The predicted molar refractivity (Wildman–Crippen MR) is 87.9 cm³/mol. The summed E-state index contributed by atoms with van der Waals surface area (Å²) in [5.74, 6) is 0.550. The lowest BCUT2D eigenvalue weighted by Crippen LogP contribution is -2.27. The van der Waals surface area contributed by atoms with Crippen molar-refractivity contribution < 1.29 is 9.53 Å². The Labute approximate surface area is 137 Å². The Morgan fingerprint density at radius 3 is 2.95 bits per heavy atom. The van der Waals surface area contributed by atoms with Crippen molar-refractivity contribution in [1.82, 2.24) is 20.8 Å². The molecule has 6 nitrogen and oxygen atoms in total. The minimum atomic E-state index is -0.112. The van der Waals surface area contributed by atoms with Crippen LogP contribution in [0.4, 0.5) is 0 Å². The molecule has 1 aromatic carbocycles. The Bertz CT molecular complexity index is 602. The van der Waals surface area contributed by atoms with E-state index >= 15 is 0 Å². The number of nitrogens with one attached hydrogen (secondary N) is 3. The van der Waals surface area contributed by atoms with Crippen molar-refractivity contribution in [2.24, 2.45) is 0 Å². The topological polar surface area (TPSA) is 79.0 Å². The van der Waals surface area contributed by atoms with E-state index in [0.717, 1.165) is 29.7 Å². The molecule has 3 N–H and O–H groups in total. The summed E-state index contributed by atoms with van der Waals surface area (Å²) in [6, 6.07) is 7.25. The van der Waals surface area contributed by atoms with Crippen LogP contribution in [0.25, 0.3) is 0 Å². The van der Waals surface area contributed by atoms with Gasteiger partial charge in [-0.2, -0.15) is 5.10 Å². The quantitative estimate of drug-likeness (QED) is 0.625. The van der Waals surface area contributed by atoms with Crippen LogP contribution in [0.1, 0.15) is 22.5 Å². The molecule has 1 aromatic heterocycles. The van der Waals surface area contributed by atoms with E-state index in [4.69, 9.17) is 4.74 Å². The molecular formula is C15H19BrN4O2. The normalized spacial score (nSPS) is 10.5. The third-order valence-electron chi connectivity index (χ3n) is 3.11. The third kappa shape index (κ3) is 4.85. The molecule has 0 atom stereocenters. The van der Waals surface area contributed by atoms with Crippen molar-refractivity contribution in [3.05, 3.63) is 46.2 Å². The molecule has 0 saturated heterocycles. The molecule has 2 aromatic rings. The average Bonchev–Trinajstić information content (AvgIpc) is 3.04. The first-order valence-corrected chi connectivity index (χ1v) is 7.80. The van der Waals surface area contributed by atoms with Crippen molar-refractivity contribution in [3.63, 3.8) is 0 Å². The minimum absolute atomic E-state index is 0.112. The highest BCUT2D eigenvalue weighted by Crippen LogP contribution is 2.22. The number of aromatic nitrogens is 2. The second kappa shape index (κ2) is 8.55. The zero-order valence-corrected chi connectivity index (χ0v) is 13.9. The highest BCUT2D eigenvalue weighted by Gasteiger charge is 2.10. The first kappa shape index (κ1) is 16.5. The maximum absolute atomic E-state index is 12.1. The van der Waals surface area contributed by atoms with Gasteiger partial charge >= 0.3 is 0 Å². The SMILES string of the molecule is COc1ccc(Br)c(C(=O)NCCCNCc2ccn[nH]2)c1. The van der Waals surface area contributed by atoms with Crippen LogP contribution < -0.4 is 15.4 Å². The van der Waals surface area contributed by atoms with Crippen LogP contribution in [0.3, 0.4) is 0 Å². The van der Waals surface area contributed by atoms with Gasteiger partial charge in [-0.15, -0.1) is 0 Å². The molecule has 0 spiro atoms. The number of ether oxygens (including phenoxy) is 1. The van der Waals surface area contributed by atoms with Gasteiger partial charge in [0.2, 0.25) is 0 Å². The number of hydrogen-bond donors (Lipinski definition) is 3. The van der Waals surface area contributed by atoms with Crippen molar-refractivity contribution in [2.45, 2.75) is 13.0 Å². The monoisotopic (exact) mass is 366 g/mol. The Hall–Kier alpha value is -1.86. The fraction of sp³-hybridized carbons (Fsp3) is 0.333. The van der Waals surface area contributed by atoms with Gasteiger partial charge in [-0.3, -0.25) is 9.89 Å². The van der Waals surface area contributed by atoms with Crippen molar-refractivity contribution >= 4 is 21.8 Å². The molecule has 0 bridgehead atoms. The van der Waals surface area contributed by atoms with E-state index in [1.54, 1.807) is 31.5 Å². The van der Waals surface area contributed by atoms with Crippen LogP contribution in [0.5, 0.6) is 5.75 Å². The first-order valence-electron chi connectivity index (χ1n) is 7.01. The van der Waals surface area contributed by atoms with E-state index in [9.17, 15) is 4.79 Å². The molecule has 2 rings (SSSR count). The highest BCUT2D eigenvalue weighted by atomic mass is 79.9. The molecular weight excluding hydrogens is 348 g/mol. The molecule has 0 aliphatic rings. The number of nitrogens with zero attached hydrogens (tertiary/aromatic N) is 1. The maximum Gasteiger partial charge on any atom is 0.252 e. The van der Waals surface area contributed by atoms with Crippen molar-refractivity contribution in [2.75, 3.05) is 20.2 Å². The zero-order valence-electron chi connectivity index (χ0n) is 12.4. The van der Waals surface area contributed by atoms with E-state index in [2.05, 4.69) is 36.8 Å². The number of H-pyrrole nitrogens is 1. The lowest BCUT2D eigenvalue weighted by Gasteiger charge is -2.09. The van der Waals surface area contributed by atoms with Crippen LogP contribution in [-0.2, 0) is 6.54 Å². The van der Waals surface area contributed by atoms with Crippen LogP contribution >= 0.6 is 15.9 Å². The van der Waals surface area contributed by atoms with E-state index in [1.165, 1.54) is 0 Å². The molecule has 0 saturated carbocycles. The van der Waals surface area contributed by atoms with Gasteiger partial charge in [-0.25, -0.2) is 0 Å². The summed E-state index contributed by atoms with van der Waals surface area (Å²) in [7, 11) is 1.58. The number of hydrogen-bond acceptors (Lipinski definition) is 4. The summed E-state index contributed by atoms with van der Waals surface area (Å²) < 4.78 is 5.89. The molecule has 1 amide bonds. The highest BCUT2D eigenvalue weighted by molar-refractivity contribution is 9.10. The van der Waals surface area contributed by atoms with E-state index in [0.29, 0.717) is 17.9 Å². The second-order valence-corrected chi connectivity index (χ2v) is 5.57. The van der Waals surface area contributed by atoms with Crippen molar-refractivity contribution in [1.29, 1.82) is 0 Å². The fourth-order valence-electron chi connectivity index (χ4n) is 1.92. The number of methoxy groups -OCH3 is 1. The zero-order chi connectivity index (χ0) is 15.8. The molecule has 1 heterocycles. The summed E-state index contributed by atoms with van der Waals surface area (Å²) in [6.07, 6.45) is 2.57. The van der Waals surface area contributed by atoms with Crippen molar-refractivity contribution in [3.8, 4) is 5.75 Å². The summed E-state index contributed by atoms with van der Waals surface area (Å²) in [5, 5.41) is 12.9. The Balaban J connectivity index is 1.69. The largest absolute Gasteiger partial charge is 0.497 e. The van der Waals surface area contributed by atoms with Gasteiger partial charge in [0.15, 0.2) is 0 Å². The summed E-state index contributed by atoms with van der Waals surface area (Å²) >= 11 is 3.38. The standard InChI is InChI=1S/C15H19BrN4O2/c1-22-12-3-4-14(16)13(9-12)15(21)18-7-2-6-17-10-11-5-8-19-20-11/h3-5,8-9,17H,2,6-7,10H2,1H3,(H,18,21)(H,19,20). The number of carbonyl (C=O) groups is 1. The number of rotatable bonds is 8. The summed E-state index contributed by atoms with van der Waals surface area (Å²) in [4.78, 5) is 12.1. The molecule has 118 valence electrons. The van der Waals surface area contributed by atoms with Gasteiger partial charge in [0, 0.05) is 29.5 Å². The lowest BCUT2D eigenvalue weighted by molar-refractivity contribution is 0.0952. The van der Waals surface area contributed by atoms with Gasteiger partial charge < -0.3 is 15.4 Å². The minimum Gasteiger partial charge on any atom is -0.497 e. The van der Waals surface area contributed by atoms with Crippen LogP contribution in [0.2, 0.25) is 0 Å².